The van der Waals surface area contributed by atoms with E-state index in [4.69, 9.17) is 0 Å². The standard InChI is InChI=1S/C54H32N2S2/c1-2-13-35(14-3-1)55-47-21-9-5-18-41(47)53-37(19-12-22-49(53)55)33-25-27-48-43(29-33)38-15-4-8-20-46(38)56(48)36-31-42(54-45(32-36)40-17-7-11-24-51(40)58-54)34-26-28-52-44(30-34)39-16-6-10-23-50(39)57-52/h1-32H. The third-order valence-electron chi connectivity index (χ3n) is 12.1. The molecule has 2 nitrogen and oxygen atoms in total. The summed E-state index contributed by atoms with van der Waals surface area (Å²) in [4.78, 5) is 0. The molecule has 0 fully saturated rings. The summed E-state index contributed by atoms with van der Waals surface area (Å²) in [6, 6.07) is 71.9. The van der Waals surface area contributed by atoms with Gasteiger partial charge >= 0.3 is 0 Å². The molecule has 0 unspecified atom stereocenters. The minimum atomic E-state index is 1.17. The lowest BCUT2D eigenvalue weighted by Crippen LogP contribution is -1.95. The van der Waals surface area contributed by atoms with E-state index in [0.29, 0.717) is 0 Å². The Morgan fingerprint density at radius 1 is 0.293 bits per heavy atom. The molecular formula is C54H32N2S2. The van der Waals surface area contributed by atoms with Crippen LogP contribution in [0.5, 0.6) is 0 Å². The van der Waals surface area contributed by atoms with Crippen molar-refractivity contribution in [3.05, 3.63) is 194 Å². The average Bonchev–Trinajstić information content (AvgIpc) is 4.03. The van der Waals surface area contributed by atoms with Crippen LogP contribution in [0.4, 0.5) is 0 Å². The van der Waals surface area contributed by atoms with Crippen molar-refractivity contribution in [2.24, 2.45) is 0 Å². The highest BCUT2D eigenvalue weighted by Crippen LogP contribution is 2.46. The Bertz CT molecular complexity index is 3800. The minimum absolute atomic E-state index is 1.17. The Labute approximate surface area is 341 Å². The summed E-state index contributed by atoms with van der Waals surface area (Å²) in [5.74, 6) is 0. The molecule has 0 atom stereocenters. The molecule has 0 aliphatic heterocycles. The number of fused-ring (bicyclic) bond motifs is 12. The van der Waals surface area contributed by atoms with E-state index in [1.807, 2.05) is 22.7 Å². The number of aromatic nitrogens is 2. The third-order valence-corrected chi connectivity index (χ3v) is 14.5. The normalized spacial score (nSPS) is 12.1. The van der Waals surface area contributed by atoms with Crippen LogP contribution < -0.4 is 0 Å². The first-order chi connectivity index (χ1) is 28.8. The van der Waals surface area contributed by atoms with Crippen molar-refractivity contribution in [1.29, 1.82) is 0 Å². The van der Waals surface area contributed by atoms with Crippen LogP contribution in [0.1, 0.15) is 0 Å². The molecule has 58 heavy (non-hydrogen) atoms. The summed E-state index contributed by atoms with van der Waals surface area (Å²) in [5, 5.41) is 10.3. The van der Waals surface area contributed by atoms with Crippen molar-refractivity contribution in [3.8, 4) is 33.6 Å². The molecule has 0 aliphatic rings. The first-order valence-corrected chi connectivity index (χ1v) is 21.4. The topological polar surface area (TPSA) is 9.86 Å². The highest BCUT2D eigenvalue weighted by atomic mass is 32.1. The van der Waals surface area contributed by atoms with Gasteiger partial charge in [-0.2, -0.15) is 0 Å². The number of hydrogen-bond acceptors (Lipinski definition) is 2. The Balaban J connectivity index is 1.06. The number of benzene rings is 9. The zero-order valence-corrected chi connectivity index (χ0v) is 32.8. The number of nitrogens with zero attached hydrogens (tertiary/aromatic N) is 2. The molecule has 4 aromatic heterocycles. The molecule has 270 valence electrons. The number of hydrogen-bond donors (Lipinski definition) is 0. The Kier molecular flexibility index (Phi) is 6.79. The van der Waals surface area contributed by atoms with Gasteiger partial charge in [-0.25, -0.2) is 0 Å². The number of rotatable bonds is 4. The molecule has 9 aromatic carbocycles. The monoisotopic (exact) mass is 772 g/mol. The summed E-state index contributed by atoms with van der Waals surface area (Å²) >= 11 is 3.78. The summed E-state index contributed by atoms with van der Waals surface area (Å²) in [7, 11) is 0. The van der Waals surface area contributed by atoms with Gasteiger partial charge in [0.25, 0.3) is 0 Å². The van der Waals surface area contributed by atoms with E-state index < -0.39 is 0 Å². The lowest BCUT2D eigenvalue weighted by Gasteiger charge is -2.13. The zero-order chi connectivity index (χ0) is 37.9. The van der Waals surface area contributed by atoms with Crippen LogP contribution in [0, 0.1) is 0 Å². The predicted octanol–water partition coefficient (Wildman–Crippen LogP) is 16.0. The van der Waals surface area contributed by atoms with Crippen LogP contribution in [0.25, 0.3) is 118 Å². The van der Waals surface area contributed by atoms with Gasteiger partial charge in [0, 0.05) is 78.8 Å². The summed E-state index contributed by atoms with van der Waals surface area (Å²) in [5.41, 5.74) is 12.2. The van der Waals surface area contributed by atoms with E-state index in [0.717, 1.165) is 0 Å². The molecule has 0 spiro atoms. The fraction of sp³-hybridized carbons (Fsp3) is 0. The number of para-hydroxylation sites is 3. The van der Waals surface area contributed by atoms with Crippen molar-refractivity contribution in [1.82, 2.24) is 9.13 Å². The summed E-state index contributed by atoms with van der Waals surface area (Å²) in [6.45, 7) is 0. The van der Waals surface area contributed by atoms with Crippen molar-refractivity contribution >= 4 is 107 Å². The van der Waals surface area contributed by atoms with E-state index in [9.17, 15) is 0 Å². The van der Waals surface area contributed by atoms with Gasteiger partial charge in [0.05, 0.1) is 22.1 Å². The first kappa shape index (κ1) is 32.1. The Morgan fingerprint density at radius 3 is 1.69 bits per heavy atom. The van der Waals surface area contributed by atoms with Gasteiger partial charge in [-0.1, -0.05) is 115 Å². The molecule has 13 aromatic rings. The molecule has 0 saturated carbocycles. The van der Waals surface area contributed by atoms with Crippen molar-refractivity contribution in [3.63, 3.8) is 0 Å². The first-order valence-electron chi connectivity index (χ1n) is 19.8. The van der Waals surface area contributed by atoms with Crippen molar-refractivity contribution in [2.45, 2.75) is 0 Å². The fourth-order valence-electron chi connectivity index (χ4n) is 9.58. The predicted molar refractivity (Wildman–Crippen MR) is 252 cm³/mol. The van der Waals surface area contributed by atoms with E-state index >= 15 is 0 Å². The average molecular weight is 773 g/mol. The minimum Gasteiger partial charge on any atom is -0.309 e. The maximum atomic E-state index is 2.49. The Morgan fingerprint density at radius 2 is 0.862 bits per heavy atom. The lowest BCUT2D eigenvalue weighted by atomic mass is 9.98. The molecule has 13 rings (SSSR count). The smallest absolute Gasteiger partial charge is 0.0547 e. The molecule has 0 N–H and O–H groups in total. The second kappa shape index (κ2) is 12.3. The molecule has 0 radical (unpaired) electrons. The van der Waals surface area contributed by atoms with Gasteiger partial charge in [-0.05, 0) is 95.6 Å². The maximum Gasteiger partial charge on any atom is 0.0547 e. The van der Waals surface area contributed by atoms with Gasteiger partial charge in [-0.3, -0.25) is 0 Å². The summed E-state index contributed by atoms with van der Waals surface area (Å²) in [6.07, 6.45) is 0. The van der Waals surface area contributed by atoms with E-state index in [1.165, 1.54) is 118 Å². The van der Waals surface area contributed by atoms with Crippen molar-refractivity contribution in [2.75, 3.05) is 0 Å². The molecule has 0 saturated heterocycles. The maximum absolute atomic E-state index is 2.49. The van der Waals surface area contributed by atoms with Crippen molar-refractivity contribution < 1.29 is 0 Å². The van der Waals surface area contributed by atoms with Crippen LogP contribution >= 0.6 is 22.7 Å². The molecular weight excluding hydrogens is 741 g/mol. The van der Waals surface area contributed by atoms with Gasteiger partial charge < -0.3 is 9.13 Å². The van der Waals surface area contributed by atoms with E-state index in [-0.39, 0.29) is 0 Å². The van der Waals surface area contributed by atoms with E-state index in [1.54, 1.807) is 0 Å². The van der Waals surface area contributed by atoms with Crippen LogP contribution in [0.2, 0.25) is 0 Å². The van der Waals surface area contributed by atoms with Crippen LogP contribution in [-0.4, -0.2) is 9.13 Å². The second-order valence-electron chi connectivity index (χ2n) is 15.2. The van der Waals surface area contributed by atoms with Gasteiger partial charge in [-0.15, -0.1) is 22.7 Å². The van der Waals surface area contributed by atoms with Gasteiger partial charge in [0.15, 0.2) is 0 Å². The van der Waals surface area contributed by atoms with Crippen LogP contribution in [0.15, 0.2) is 194 Å². The summed E-state index contributed by atoms with van der Waals surface area (Å²) < 4.78 is 10.2. The number of thiophene rings is 2. The fourth-order valence-corrected chi connectivity index (χ4v) is 11.9. The van der Waals surface area contributed by atoms with Crippen LogP contribution in [-0.2, 0) is 0 Å². The van der Waals surface area contributed by atoms with Gasteiger partial charge in [0.2, 0.25) is 0 Å². The quantitative estimate of drug-likeness (QED) is 0.169. The molecule has 4 heterocycles. The third kappa shape index (κ3) is 4.58. The molecule has 0 amide bonds. The zero-order valence-electron chi connectivity index (χ0n) is 31.2. The Hall–Kier alpha value is -6.98. The highest BCUT2D eigenvalue weighted by molar-refractivity contribution is 7.26. The molecule has 0 aliphatic carbocycles. The largest absolute Gasteiger partial charge is 0.309 e. The highest BCUT2D eigenvalue weighted by Gasteiger charge is 2.20. The van der Waals surface area contributed by atoms with Gasteiger partial charge in [0.1, 0.15) is 0 Å². The lowest BCUT2D eigenvalue weighted by molar-refractivity contribution is 1.18. The molecule has 4 heteroatoms. The molecule has 0 bridgehead atoms. The van der Waals surface area contributed by atoms with Crippen LogP contribution in [0.3, 0.4) is 0 Å². The SMILES string of the molecule is c1ccc(-n2c3ccccc3c3c(-c4ccc5c(c4)c4ccccc4n5-c4cc(-c5ccc6sc7ccccc7c6c5)c5sc6ccccc6c5c4)cccc32)cc1. The second-order valence-corrected chi connectivity index (χ2v) is 17.4. The van der Waals surface area contributed by atoms with E-state index in [2.05, 4.69) is 203 Å².